The van der Waals surface area contributed by atoms with Gasteiger partial charge in [0, 0.05) is 12.8 Å². The van der Waals surface area contributed by atoms with Crippen molar-refractivity contribution >= 4 is 11.9 Å². The van der Waals surface area contributed by atoms with Crippen LogP contribution in [0.3, 0.4) is 0 Å². The summed E-state index contributed by atoms with van der Waals surface area (Å²) in [5, 5.41) is 0. The van der Waals surface area contributed by atoms with E-state index in [9.17, 15) is 9.59 Å². The van der Waals surface area contributed by atoms with E-state index in [1.807, 2.05) is 13.8 Å². The van der Waals surface area contributed by atoms with E-state index in [-0.39, 0.29) is 30.1 Å². The van der Waals surface area contributed by atoms with Crippen LogP contribution in [0, 0.1) is 5.92 Å². The minimum atomic E-state index is -0.407. The maximum absolute atomic E-state index is 11.8. The summed E-state index contributed by atoms with van der Waals surface area (Å²) in [4.78, 5) is 23.6. The van der Waals surface area contributed by atoms with Gasteiger partial charge in [0.25, 0.3) is 0 Å². The van der Waals surface area contributed by atoms with Gasteiger partial charge in [-0.05, 0) is 12.3 Å². The highest BCUT2D eigenvalue weighted by atomic mass is 16.7. The number of carbonyl (C=O) groups excluding carboxylic acids is 2. The number of ether oxygens (including phenoxy) is 4. The van der Waals surface area contributed by atoms with Crippen molar-refractivity contribution in [3.05, 3.63) is 0 Å². The van der Waals surface area contributed by atoms with Gasteiger partial charge < -0.3 is 18.9 Å². The van der Waals surface area contributed by atoms with Crippen molar-refractivity contribution in [1.82, 2.24) is 0 Å². The summed E-state index contributed by atoms with van der Waals surface area (Å²) in [6.45, 7) is 6.62. The van der Waals surface area contributed by atoms with Gasteiger partial charge in [-0.15, -0.1) is 0 Å². The summed E-state index contributed by atoms with van der Waals surface area (Å²) in [5.74, 6) is -0.198. The molecule has 4 atom stereocenters. The van der Waals surface area contributed by atoms with Crippen LogP contribution in [0.5, 0.6) is 0 Å². The molecule has 0 unspecified atom stereocenters. The number of rotatable bonds is 8. The van der Waals surface area contributed by atoms with E-state index >= 15 is 0 Å². The van der Waals surface area contributed by atoms with Crippen LogP contribution >= 0.6 is 0 Å². The molecule has 0 aromatic heterocycles. The van der Waals surface area contributed by atoms with E-state index in [0.29, 0.717) is 26.1 Å². The molecule has 2 saturated heterocycles. The van der Waals surface area contributed by atoms with Crippen molar-refractivity contribution in [2.45, 2.75) is 77.3 Å². The third-order valence-electron chi connectivity index (χ3n) is 4.09. The third kappa shape index (κ3) is 5.18. The zero-order valence-corrected chi connectivity index (χ0v) is 14.3. The monoisotopic (exact) mass is 328 g/mol. The Morgan fingerprint density at radius 1 is 1.00 bits per heavy atom. The Bertz CT molecular complexity index is 408. The number of hydrogen-bond acceptors (Lipinski definition) is 6. The quantitative estimate of drug-likeness (QED) is 0.503. The molecule has 132 valence electrons. The maximum atomic E-state index is 11.8. The Labute approximate surface area is 137 Å². The number of unbranched alkanes of at least 4 members (excludes halogenated alkanes) is 2. The van der Waals surface area contributed by atoms with E-state index in [4.69, 9.17) is 18.9 Å². The van der Waals surface area contributed by atoms with Crippen LogP contribution in [0.15, 0.2) is 0 Å². The Morgan fingerprint density at radius 3 is 2.09 bits per heavy atom. The molecule has 0 N–H and O–H groups in total. The molecule has 0 aliphatic carbocycles. The highest BCUT2D eigenvalue weighted by Crippen LogP contribution is 2.31. The van der Waals surface area contributed by atoms with Crippen molar-refractivity contribution in [2.75, 3.05) is 13.2 Å². The fourth-order valence-electron chi connectivity index (χ4n) is 2.93. The molecule has 23 heavy (non-hydrogen) atoms. The number of fused-ring (bicyclic) bond motifs is 1. The van der Waals surface area contributed by atoms with Crippen molar-refractivity contribution in [2.24, 2.45) is 5.92 Å². The lowest BCUT2D eigenvalue weighted by Gasteiger charge is -2.17. The van der Waals surface area contributed by atoms with Gasteiger partial charge in [-0.25, -0.2) is 0 Å². The van der Waals surface area contributed by atoms with Crippen molar-refractivity contribution in [3.8, 4) is 0 Å². The molecule has 2 fully saturated rings. The van der Waals surface area contributed by atoms with Gasteiger partial charge >= 0.3 is 11.9 Å². The lowest BCUT2D eigenvalue weighted by atomic mass is 10.1. The molecule has 0 bridgehead atoms. The predicted octanol–water partition coefficient (Wildman–Crippen LogP) is 2.23. The zero-order valence-electron chi connectivity index (χ0n) is 14.3. The summed E-state index contributed by atoms with van der Waals surface area (Å²) in [7, 11) is 0. The zero-order chi connectivity index (χ0) is 16.8. The molecule has 0 amide bonds. The van der Waals surface area contributed by atoms with Gasteiger partial charge in [-0.3, -0.25) is 9.59 Å². The normalized spacial score (nSPS) is 29.6. The van der Waals surface area contributed by atoms with Gasteiger partial charge in [0.2, 0.25) is 0 Å². The van der Waals surface area contributed by atoms with Crippen LogP contribution in [-0.4, -0.2) is 49.6 Å². The van der Waals surface area contributed by atoms with Crippen LogP contribution < -0.4 is 0 Å². The fourth-order valence-corrected chi connectivity index (χ4v) is 2.93. The first kappa shape index (κ1) is 18.2. The summed E-state index contributed by atoms with van der Waals surface area (Å²) >= 11 is 0. The minimum absolute atomic E-state index is 0.212. The molecule has 2 aliphatic rings. The van der Waals surface area contributed by atoms with E-state index in [1.165, 1.54) is 0 Å². The summed E-state index contributed by atoms with van der Waals surface area (Å²) in [6.07, 6.45) is 2.26. The summed E-state index contributed by atoms with van der Waals surface area (Å²) in [6, 6.07) is 0. The minimum Gasteiger partial charge on any atom is -0.457 e. The molecule has 2 aliphatic heterocycles. The second-order valence-electron chi connectivity index (χ2n) is 6.71. The lowest BCUT2D eigenvalue weighted by molar-refractivity contribution is -0.155. The number of carbonyl (C=O) groups is 2. The first-order valence-electron chi connectivity index (χ1n) is 8.63. The highest BCUT2D eigenvalue weighted by Gasteiger charge is 2.51. The van der Waals surface area contributed by atoms with E-state index in [2.05, 4.69) is 6.92 Å². The highest BCUT2D eigenvalue weighted by molar-refractivity contribution is 5.70. The topological polar surface area (TPSA) is 71.1 Å². The summed E-state index contributed by atoms with van der Waals surface area (Å²) < 4.78 is 22.2. The molecule has 0 spiro atoms. The first-order chi connectivity index (χ1) is 11.0. The number of esters is 2. The SMILES string of the molecule is CCCCCC(=O)O[C@@H]1CO[C@H]2[C@@H]1OC[C@@H]2OC(=O)CC(C)C. The van der Waals surface area contributed by atoms with Crippen LogP contribution in [0.25, 0.3) is 0 Å². The largest absolute Gasteiger partial charge is 0.457 e. The van der Waals surface area contributed by atoms with Crippen LogP contribution in [0.4, 0.5) is 0 Å². The van der Waals surface area contributed by atoms with Crippen molar-refractivity contribution < 1.29 is 28.5 Å². The van der Waals surface area contributed by atoms with Crippen LogP contribution in [0.1, 0.15) is 52.9 Å². The maximum Gasteiger partial charge on any atom is 0.306 e. The Balaban J connectivity index is 1.77. The Morgan fingerprint density at radius 2 is 1.57 bits per heavy atom. The van der Waals surface area contributed by atoms with Gasteiger partial charge in [0.1, 0.15) is 12.2 Å². The van der Waals surface area contributed by atoms with E-state index < -0.39 is 12.2 Å². The van der Waals surface area contributed by atoms with Crippen LogP contribution in [-0.2, 0) is 28.5 Å². The van der Waals surface area contributed by atoms with E-state index in [0.717, 1.165) is 19.3 Å². The number of hydrogen-bond donors (Lipinski definition) is 0. The molecule has 0 saturated carbocycles. The molecule has 0 aromatic rings. The van der Waals surface area contributed by atoms with E-state index in [1.54, 1.807) is 0 Å². The molecule has 6 nitrogen and oxygen atoms in total. The smallest absolute Gasteiger partial charge is 0.306 e. The fraction of sp³-hybridized carbons (Fsp3) is 0.882. The Kier molecular flexibility index (Phi) is 6.84. The molecule has 6 heteroatoms. The van der Waals surface area contributed by atoms with Gasteiger partial charge in [-0.1, -0.05) is 33.6 Å². The van der Waals surface area contributed by atoms with Crippen molar-refractivity contribution in [3.63, 3.8) is 0 Å². The lowest BCUT2D eigenvalue weighted by Crippen LogP contribution is -2.36. The molecule has 2 heterocycles. The third-order valence-corrected chi connectivity index (χ3v) is 4.09. The molecular weight excluding hydrogens is 300 g/mol. The average molecular weight is 328 g/mol. The summed E-state index contributed by atoms with van der Waals surface area (Å²) in [5.41, 5.74) is 0. The van der Waals surface area contributed by atoms with Crippen LogP contribution in [0.2, 0.25) is 0 Å². The van der Waals surface area contributed by atoms with Gasteiger partial charge in [0.15, 0.2) is 12.2 Å². The second kappa shape index (κ2) is 8.64. The molecule has 2 rings (SSSR count). The molecule has 0 radical (unpaired) electrons. The average Bonchev–Trinajstić information content (AvgIpc) is 3.03. The van der Waals surface area contributed by atoms with Gasteiger partial charge in [0.05, 0.1) is 13.2 Å². The standard InChI is InChI=1S/C17H28O6/c1-4-5-6-7-14(18)22-12-9-20-17-13(10-21-16(12)17)23-15(19)8-11(2)3/h11-13,16-17H,4-10H2,1-3H3/t12-,13+,16-,17-/m1/s1. The van der Waals surface area contributed by atoms with Gasteiger partial charge in [-0.2, -0.15) is 0 Å². The van der Waals surface area contributed by atoms with Crippen molar-refractivity contribution in [1.29, 1.82) is 0 Å². The first-order valence-corrected chi connectivity index (χ1v) is 8.63. The predicted molar refractivity (Wildman–Crippen MR) is 82.8 cm³/mol. The molecule has 0 aromatic carbocycles. The Hall–Kier alpha value is -1.14. The molecular formula is C17H28O6. The second-order valence-corrected chi connectivity index (χ2v) is 6.71.